The number of benzene rings is 1. The summed E-state index contributed by atoms with van der Waals surface area (Å²) in [5, 5.41) is 15.1. The van der Waals surface area contributed by atoms with Crippen molar-refractivity contribution < 1.29 is 18.7 Å². The average molecular weight is 252 g/mol. The van der Waals surface area contributed by atoms with Crippen molar-refractivity contribution in [2.45, 2.75) is 13.3 Å². The molecule has 1 aromatic heterocycles. The first-order chi connectivity index (χ1) is 8.49. The number of carbonyl (C=O) groups is 1. The number of aromatic amines is 1. The Morgan fingerprint density at radius 1 is 1.44 bits per heavy atom. The fraction of sp³-hybridized carbons (Fsp3) is 0.167. The van der Waals surface area contributed by atoms with E-state index < -0.39 is 17.6 Å². The Morgan fingerprint density at radius 3 is 2.83 bits per heavy atom. The van der Waals surface area contributed by atoms with Gasteiger partial charge in [-0.25, -0.2) is 8.78 Å². The largest absolute Gasteiger partial charge is 0.481 e. The third-order valence-corrected chi connectivity index (χ3v) is 2.54. The summed E-state index contributed by atoms with van der Waals surface area (Å²) in [7, 11) is 0. The molecular weight excluding hydrogens is 242 g/mol. The Kier molecular flexibility index (Phi) is 3.10. The molecule has 1 heterocycles. The summed E-state index contributed by atoms with van der Waals surface area (Å²) >= 11 is 0. The number of aryl methyl sites for hydroxylation is 1. The smallest absolute Gasteiger partial charge is 0.309 e. The van der Waals surface area contributed by atoms with Crippen LogP contribution in [0.15, 0.2) is 18.2 Å². The van der Waals surface area contributed by atoms with Crippen LogP contribution in [0.25, 0.3) is 11.1 Å². The van der Waals surface area contributed by atoms with Crippen LogP contribution in [0.1, 0.15) is 11.4 Å². The number of carboxylic acids is 1. The summed E-state index contributed by atoms with van der Waals surface area (Å²) in [4.78, 5) is 10.7. The molecule has 1 aromatic carbocycles. The molecule has 4 nitrogen and oxygen atoms in total. The monoisotopic (exact) mass is 252 g/mol. The summed E-state index contributed by atoms with van der Waals surface area (Å²) < 4.78 is 26.8. The minimum absolute atomic E-state index is 0.0116. The van der Waals surface area contributed by atoms with Crippen LogP contribution >= 0.6 is 0 Å². The molecule has 0 saturated carbocycles. The lowest BCUT2D eigenvalue weighted by Crippen LogP contribution is -2.02. The molecule has 0 spiro atoms. The van der Waals surface area contributed by atoms with E-state index >= 15 is 0 Å². The quantitative estimate of drug-likeness (QED) is 0.880. The van der Waals surface area contributed by atoms with Crippen molar-refractivity contribution in [1.29, 1.82) is 0 Å². The van der Waals surface area contributed by atoms with Gasteiger partial charge in [-0.05, 0) is 25.1 Å². The molecule has 0 aliphatic carbocycles. The van der Waals surface area contributed by atoms with Gasteiger partial charge in [0.15, 0.2) is 0 Å². The van der Waals surface area contributed by atoms with Gasteiger partial charge in [0.1, 0.15) is 11.6 Å². The topological polar surface area (TPSA) is 66.0 Å². The second kappa shape index (κ2) is 4.56. The third kappa shape index (κ3) is 2.22. The standard InChI is InChI=1S/C12H10F2N2O2/c1-6-12(10(16-15-6)5-11(17)18)8-4-7(13)2-3-9(8)14/h2-4H,5H2,1H3,(H,15,16)(H,17,18). The number of H-pyrrole nitrogens is 1. The fourth-order valence-corrected chi connectivity index (χ4v) is 1.80. The highest BCUT2D eigenvalue weighted by molar-refractivity contribution is 5.76. The molecule has 2 aromatic rings. The van der Waals surface area contributed by atoms with Gasteiger partial charge in [0, 0.05) is 16.8 Å². The van der Waals surface area contributed by atoms with E-state index in [1.165, 1.54) is 0 Å². The second-order valence-electron chi connectivity index (χ2n) is 3.86. The van der Waals surface area contributed by atoms with Gasteiger partial charge in [0.05, 0.1) is 12.1 Å². The molecule has 0 amide bonds. The van der Waals surface area contributed by atoms with Crippen molar-refractivity contribution in [2.24, 2.45) is 0 Å². The first-order valence-electron chi connectivity index (χ1n) is 5.20. The van der Waals surface area contributed by atoms with Gasteiger partial charge in [0.2, 0.25) is 0 Å². The summed E-state index contributed by atoms with van der Waals surface area (Å²) in [6.45, 7) is 1.62. The van der Waals surface area contributed by atoms with Crippen LogP contribution in [0.2, 0.25) is 0 Å². The molecule has 0 fully saturated rings. The molecule has 0 aliphatic rings. The van der Waals surface area contributed by atoms with Gasteiger partial charge in [-0.2, -0.15) is 5.10 Å². The van der Waals surface area contributed by atoms with Crippen LogP contribution < -0.4 is 0 Å². The van der Waals surface area contributed by atoms with E-state index in [0.717, 1.165) is 18.2 Å². The van der Waals surface area contributed by atoms with E-state index in [1.807, 2.05) is 0 Å². The van der Waals surface area contributed by atoms with Crippen molar-refractivity contribution in [1.82, 2.24) is 10.2 Å². The fourth-order valence-electron chi connectivity index (χ4n) is 1.80. The van der Waals surface area contributed by atoms with Gasteiger partial charge in [-0.1, -0.05) is 0 Å². The van der Waals surface area contributed by atoms with E-state index in [4.69, 9.17) is 5.11 Å². The van der Waals surface area contributed by atoms with Crippen LogP contribution in [-0.2, 0) is 11.2 Å². The van der Waals surface area contributed by atoms with Crippen LogP contribution in [0, 0.1) is 18.6 Å². The number of nitrogens with zero attached hydrogens (tertiary/aromatic N) is 1. The van der Waals surface area contributed by atoms with Crippen molar-refractivity contribution in [2.75, 3.05) is 0 Å². The molecule has 2 rings (SSSR count). The molecule has 0 atom stereocenters. The third-order valence-electron chi connectivity index (χ3n) is 2.54. The van der Waals surface area contributed by atoms with E-state index in [9.17, 15) is 13.6 Å². The number of hydrogen-bond donors (Lipinski definition) is 2. The number of carboxylic acid groups (broad SMARTS) is 1. The zero-order valence-corrected chi connectivity index (χ0v) is 9.50. The maximum Gasteiger partial charge on any atom is 0.309 e. The highest BCUT2D eigenvalue weighted by Crippen LogP contribution is 2.29. The number of nitrogens with one attached hydrogen (secondary N) is 1. The molecule has 18 heavy (non-hydrogen) atoms. The summed E-state index contributed by atoms with van der Waals surface area (Å²) in [6, 6.07) is 3.03. The number of hydrogen-bond acceptors (Lipinski definition) is 2. The molecule has 0 bridgehead atoms. The van der Waals surface area contributed by atoms with Crippen molar-refractivity contribution in [3.05, 3.63) is 41.2 Å². The number of halogens is 2. The van der Waals surface area contributed by atoms with Crippen LogP contribution in [0.3, 0.4) is 0 Å². The maximum absolute atomic E-state index is 13.7. The zero-order chi connectivity index (χ0) is 13.3. The molecule has 0 radical (unpaired) electrons. The van der Waals surface area contributed by atoms with Gasteiger partial charge < -0.3 is 5.11 Å². The molecule has 6 heteroatoms. The first kappa shape index (κ1) is 12.2. The molecular formula is C12H10F2N2O2. The minimum Gasteiger partial charge on any atom is -0.481 e. The van der Waals surface area contributed by atoms with Crippen molar-refractivity contribution >= 4 is 5.97 Å². The normalized spacial score (nSPS) is 10.6. The predicted octanol–water partition coefficient (Wildman–Crippen LogP) is 2.29. The summed E-state index contributed by atoms with van der Waals surface area (Å²) in [5.74, 6) is -2.29. The predicted molar refractivity (Wildman–Crippen MR) is 60.0 cm³/mol. The highest BCUT2D eigenvalue weighted by atomic mass is 19.1. The molecule has 2 N–H and O–H groups in total. The van der Waals surface area contributed by atoms with E-state index in [1.54, 1.807) is 6.92 Å². The minimum atomic E-state index is -1.08. The SMILES string of the molecule is Cc1[nH]nc(CC(=O)O)c1-c1cc(F)ccc1F. The van der Waals surface area contributed by atoms with E-state index in [2.05, 4.69) is 10.2 Å². The second-order valence-corrected chi connectivity index (χ2v) is 3.86. The van der Waals surface area contributed by atoms with E-state index in [-0.39, 0.29) is 17.7 Å². The van der Waals surface area contributed by atoms with E-state index in [0.29, 0.717) is 11.3 Å². The molecule has 94 valence electrons. The van der Waals surface area contributed by atoms with Crippen molar-refractivity contribution in [3.8, 4) is 11.1 Å². The molecule has 0 unspecified atom stereocenters. The Labute approximate surface area is 101 Å². The maximum atomic E-state index is 13.7. The van der Waals surface area contributed by atoms with Gasteiger partial charge in [0.25, 0.3) is 0 Å². The number of aromatic nitrogens is 2. The van der Waals surface area contributed by atoms with Crippen LogP contribution in [-0.4, -0.2) is 21.3 Å². The summed E-state index contributed by atoms with van der Waals surface area (Å²) in [6.07, 6.45) is -0.352. The van der Waals surface area contributed by atoms with Gasteiger partial charge in [-0.3, -0.25) is 9.89 Å². The number of aliphatic carboxylic acids is 1. The summed E-state index contributed by atoms with van der Waals surface area (Å²) in [5.41, 5.74) is 0.993. The molecule has 0 saturated heterocycles. The zero-order valence-electron chi connectivity index (χ0n) is 9.50. The lowest BCUT2D eigenvalue weighted by atomic mass is 10.0. The highest BCUT2D eigenvalue weighted by Gasteiger charge is 2.18. The molecule has 0 aliphatic heterocycles. The van der Waals surface area contributed by atoms with Gasteiger partial charge >= 0.3 is 5.97 Å². The lowest BCUT2D eigenvalue weighted by molar-refractivity contribution is -0.136. The Morgan fingerprint density at radius 2 is 2.17 bits per heavy atom. The van der Waals surface area contributed by atoms with Gasteiger partial charge in [-0.15, -0.1) is 0 Å². The van der Waals surface area contributed by atoms with Crippen LogP contribution in [0.5, 0.6) is 0 Å². The first-order valence-corrected chi connectivity index (χ1v) is 5.20. The lowest BCUT2D eigenvalue weighted by Gasteiger charge is -2.04. The van der Waals surface area contributed by atoms with Crippen molar-refractivity contribution in [3.63, 3.8) is 0 Å². The van der Waals surface area contributed by atoms with Crippen LogP contribution in [0.4, 0.5) is 8.78 Å². The number of rotatable bonds is 3. The Balaban J connectivity index is 2.59. The average Bonchev–Trinajstić information content (AvgIpc) is 2.63. The Hall–Kier alpha value is -2.24. The Bertz CT molecular complexity index is 608.